The molecule has 1 aromatic heterocycles. The lowest BCUT2D eigenvalue weighted by molar-refractivity contribution is 0.491. The Balaban J connectivity index is 2.78. The van der Waals surface area contributed by atoms with Gasteiger partial charge in [0.1, 0.15) is 16.4 Å². The van der Waals surface area contributed by atoms with E-state index in [4.69, 9.17) is 10.2 Å². The molecular weight excluding hydrogens is 288 g/mol. The predicted molar refractivity (Wildman–Crippen MR) is 84.6 cm³/mol. The Morgan fingerprint density at radius 1 is 1.19 bits per heavy atom. The number of furan rings is 1. The van der Waals surface area contributed by atoms with Gasteiger partial charge < -0.3 is 10.2 Å². The van der Waals surface area contributed by atoms with Crippen LogP contribution in [-0.4, -0.2) is 14.5 Å². The molecule has 1 heterocycles. The quantitative estimate of drug-likeness (QED) is 0.686. The van der Waals surface area contributed by atoms with E-state index in [9.17, 15) is 8.42 Å². The highest BCUT2D eigenvalue weighted by atomic mass is 32.2. The second-order valence-electron chi connectivity index (χ2n) is 5.60. The highest BCUT2D eigenvalue weighted by Crippen LogP contribution is 2.26. The second-order valence-corrected chi connectivity index (χ2v) is 7.25. The van der Waals surface area contributed by atoms with Gasteiger partial charge in [-0.25, -0.2) is 13.1 Å². The van der Waals surface area contributed by atoms with Gasteiger partial charge in [-0.2, -0.15) is 0 Å². The van der Waals surface area contributed by atoms with Gasteiger partial charge >= 0.3 is 0 Å². The molecule has 0 aliphatic heterocycles. The minimum atomic E-state index is -3.58. The molecule has 0 aromatic carbocycles. The minimum absolute atomic E-state index is 0.0907. The summed E-state index contributed by atoms with van der Waals surface area (Å²) in [4.78, 5) is 0.211. The third kappa shape index (κ3) is 4.83. The maximum atomic E-state index is 12.5. The van der Waals surface area contributed by atoms with E-state index < -0.39 is 10.0 Å². The highest BCUT2D eigenvalue weighted by Gasteiger charge is 2.27. The molecule has 0 fully saturated rings. The van der Waals surface area contributed by atoms with Gasteiger partial charge in [0, 0.05) is 18.2 Å². The minimum Gasteiger partial charge on any atom is -0.465 e. The van der Waals surface area contributed by atoms with Crippen LogP contribution in [-0.2, 0) is 16.6 Å². The third-order valence-corrected chi connectivity index (χ3v) is 5.43. The molecule has 0 aliphatic carbocycles. The van der Waals surface area contributed by atoms with Crippen LogP contribution >= 0.6 is 0 Å². The molecule has 0 bridgehead atoms. The zero-order valence-corrected chi connectivity index (χ0v) is 14.3. The average Bonchev–Trinajstić information content (AvgIpc) is 2.69. The van der Waals surface area contributed by atoms with Crippen LogP contribution in [0, 0.1) is 13.8 Å². The van der Waals surface area contributed by atoms with E-state index in [1.54, 1.807) is 13.8 Å². The van der Waals surface area contributed by atoms with Gasteiger partial charge in [-0.15, -0.1) is 0 Å². The van der Waals surface area contributed by atoms with E-state index in [2.05, 4.69) is 11.6 Å². The van der Waals surface area contributed by atoms with Crippen molar-refractivity contribution in [2.45, 2.75) is 77.3 Å². The van der Waals surface area contributed by atoms with Crippen LogP contribution in [0.5, 0.6) is 0 Å². The zero-order chi connectivity index (χ0) is 16.0. The van der Waals surface area contributed by atoms with E-state index in [1.165, 1.54) is 12.8 Å². The lowest BCUT2D eigenvalue weighted by Crippen LogP contribution is -2.33. The van der Waals surface area contributed by atoms with Crippen LogP contribution in [0.2, 0.25) is 0 Å². The maximum absolute atomic E-state index is 12.5. The fourth-order valence-corrected chi connectivity index (χ4v) is 4.29. The fraction of sp³-hybridized carbons (Fsp3) is 0.733. The molecule has 1 rings (SSSR count). The lowest BCUT2D eigenvalue weighted by Gasteiger charge is -2.14. The van der Waals surface area contributed by atoms with Gasteiger partial charge in [0.15, 0.2) is 0 Å². The zero-order valence-electron chi connectivity index (χ0n) is 13.5. The summed E-state index contributed by atoms with van der Waals surface area (Å²) in [5.41, 5.74) is 6.22. The number of unbranched alkanes of at least 4 members (excludes halogenated alkanes) is 3. The molecule has 1 atom stereocenters. The standard InChI is InChI=1S/C15H28N2O3S/c1-5-6-7-8-9-11(2)17-21(18,19)15-13(4)20-12(3)14(15)10-16/h11,17H,5-10,16H2,1-4H3. The molecule has 0 saturated heterocycles. The van der Waals surface area contributed by atoms with Crippen molar-refractivity contribution in [1.82, 2.24) is 4.72 Å². The molecular formula is C15H28N2O3S. The van der Waals surface area contributed by atoms with Crippen molar-refractivity contribution in [1.29, 1.82) is 0 Å². The summed E-state index contributed by atoms with van der Waals surface area (Å²) in [6, 6.07) is -0.0907. The van der Waals surface area contributed by atoms with Gasteiger partial charge in [-0.05, 0) is 27.2 Å². The number of nitrogens with one attached hydrogen (secondary N) is 1. The first-order valence-electron chi connectivity index (χ1n) is 7.64. The highest BCUT2D eigenvalue weighted by molar-refractivity contribution is 7.89. The summed E-state index contributed by atoms with van der Waals surface area (Å²) < 4.78 is 33.2. The summed E-state index contributed by atoms with van der Waals surface area (Å²) in [5, 5.41) is 0. The van der Waals surface area contributed by atoms with Crippen LogP contribution in [0.15, 0.2) is 9.31 Å². The van der Waals surface area contributed by atoms with Gasteiger partial charge in [0.2, 0.25) is 10.0 Å². The molecule has 1 unspecified atom stereocenters. The van der Waals surface area contributed by atoms with Crippen molar-refractivity contribution < 1.29 is 12.8 Å². The first-order chi connectivity index (χ1) is 9.83. The number of aryl methyl sites for hydroxylation is 2. The summed E-state index contributed by atoms with van der Waals surface area (Å²) in [6.45, 7) is 7.61. The molecule has 0 amide bonds. The Kier molecular flexibility index (Phi) is 6.90. The predicted octanol–water partition coefficient (Wildman–Crippen LogP) is 2.99. The molecule has 21 heavy (non-hydrogen) atoms. The molecule has 1 aromatic rings. The Morgan fingerprint density at radius 2 is 1.86 bits per heavy atom. The summed E-state index contributed by atoms with van der Waals surface area (Å²) >= 11 is 0. The van der Waals surface area contributed by atoms with Gasteiger partial charge in [0.25, 0.3) is 0 Å². The van der Waals surface area contributed by atoms with Crippen LogP contribution in [0.4, 0.5) is 0 Å². The fourth-order valence-electron chi connectivity index (χ4n) is 2.56. The normalized spacial score (nSPS) is 13.6. The number of sulfonamides is 1. The van der Waals surface area contributed by atoms with Crippen molar-refractivity contribution >= 4 is 10.0 Å². The Morgan fingerprint density at radius 3 is 2.43 bits per heavy atom. The largest absolute Gasteiger partial charge is 0.465 e. The first kappa shape index (κ1) is 18.2. The number of hydrogen-bond donors (Lipinski definition) is 2. The Hall–Kier alpha value is -0.850. The molecule has 122 valence electrons. The third-order valence-electron chi connectivity index (χ3n) is 3.64. The van der Waals surface area contributed by atoms with Crippen molar-refractivity contribution in [2.24, 2.45) is 5.73 Å². The second kappa shape index (κ2) is 7.96. The number of rotatable bonds is 9. The number of hydrogen-bond acceptors (Lipinski definition) is 4. The molecule has 3 N–H and O–H groups in total. The summed E-state index contributed by atoms with van der Waals surface area (Å²) in [6.07, 6.45) is 5.38. The average molecular weight is 316 g/mol. The molecule has 0 aliphatic rings. The van der Waals surface area contributed by atoms with Crippen LogP contribution in [0.3, 0.4) is 0 Å². The van der Waals surface area contributed by atoms with E-state index >= 15 is 0 Å². The van der Waals surface area contributed by atoms with E-state index in [-0.39, 0.29) is 17.5 Å². The van der Waals surface area contributed by atoms with E-state index in [0.29, 0.717) is 17.1 Å². The van der Waals surface area contributed by atoms with Gasteiger partial charge in [-0.1, -0.05) is 32.6 Å². The summed E-state index contributed by atoms with van der Waals surface area (Å²) in [7, 11) is -3.58. The van der Waals surface area contributed by atoms with Gasteiger partial charge in [-0.3, -0.25) is 0 Å². The van der Waals surface area contributed by atoms with Crippen LogP contribution < -0.4 is 10.5 Å². The molecule has 0 spiro atoms. The monoisotopic (exact) mass is 316 g/mol. The maximum Gasteiger partial charge on any atom is 0.244 e. The molecule has 5 nitrogen and oxygen atoms in total. The van der Waals surface area contributed by atoms with Crippen molar-refractivity contribution in [3.63, 3.8) is 0 Å². The van der Waals surface area contributed by atoms with E-state index in [1.807, 2.05) is 6.92 Å². The first-order valence-corrected chi connectivity index (χ1v) is 9.13. The van der Waals surface area contributed by atoms with Crippen LogP contribution in [0.1, 0.15) is 63.0 Å². The van der Waals surface area contributed by atoms with Crippen molar-refractivity contribution in [2.75, 3.05) is 0 Å². The van der Waals surface area contributed by atoms with Crippen molar-refractivity contribution in [3.8, 4) is 0 Å². The van der Waals surface area contributed by atoms with Gasteiger partial charge in [0.05, 0.1) is 0 Å². The Labute approximate surface area is 128 Å². The number of nitrogens with two attached hydrogens (primary N) is 1. The van der Waals surface area contributed by atoms with E-state index in [0.717, 1.165) is 19.3 Å². The molecule has 0 saturated carbocycles. The van der Waals surface area contributed by atoms with Crippen molar-refractivity contribution in [3.05, 3.63) is 17.1 Å². The smallest absolute Gasteiger partial charge is 0.244 e. The molecule has 6 heteroatoms. The molecule has 0 radical (unpaired) electrons. The lowest BCUT2D eigenvalue weighted by atomic mass is 10.1. The summed E-state index contributed by atoms with van der Waals surface area (Å²) in [5.74, 6) is 0.976. The SMILES string of the molecule is CCCCCCC(C)NS(=O)(=O)c1c(C)oc(C)c1CN. The topological polar surface area (TPSA) is 85.3 Å². The van der Waals surface area contributed by atoms with Crippen LogP contribution in [0.25, 0.3) is 0 Å². The Bertz CT molecular complexity index is 550.